The molecular formula is C12H13N5O4. The predicted octanol–water partition coefficient (Wildman–Crippen LogP) is -0.552. The van der Waals surface area contributed by atoms with Crippen LogP contribution in [0, 0.1) is 5.92 Å². The lowest BCUT2D eigenvalue weighted by Crippen LogP contribution is -2.31. The Morgan fingerprint density at radius 3 is 2.90 bits per heavy atom. The van der Waals surface area contributed by atoms with Crippen molar-refractivity contribution >= 4 is 23.0 Å². The molecule has 2 saturated heterocycles. The van der Waals surface area contributed by atoms with E-state index in [9.17, 15) is 4.79 Å². The zero-order valence-electron chi connectivity index (χ0n) is 10.9. The van der Waals surface area contributed by atoms with Gasteiger partial charge >= 0.3 is 5.97 Å². The second-order valence-corrected chi connectivity index (χ2v) is 5.19. The van der Waals surface area contributed by atoms with Gasteiger partial charge in [-0.1, -0.05) is 0 Å². The van der Waals surface area contributed by atoms with E-state index < -0.39 is 18.0 Å². The first-order chi connectivity index (χ1) is 10.2. The van der Waals surface area contributed by atoms with Crippen LogP contribution in [0.25, 0.3) is 11.2 Å². The van der Waals surface area contributed by atoms with Crippen LogP contribution in [-0.2, 0) is 14.3 Å². The summed E-state index contributed by atoms with van der Waals surface area (Å²) < 4.78 is 13.1. The largest absolute Gasteiger partial charge is 0.481 e. The molecule has 9 heteroatoms. The average Bonchev–Trinajstić information content (AvgIpc) is 3.11. The second-order valence-electron chi connectivity index (χ2n) is 5.19. The highest BCUT2D eigenvalue weighted by Crippen LogP contribution is 2.38. The number of nitrogens with zero attached hydrogens (tertiary/aromatic N) is 4. The van der Waals surface area contributed by atoms with Gasteiger partial charge in [0.15, 0.2) is 11.5 Å². The number of hydrogen-bond donors (Lipinski definition) is 2. The fraction of sp³-hybridized carbons (Fsp3) is 0.500. The molecule has 2 aromatic rings. The molecular weight excluding hydrogens is 278 g/mol. The van der Waals surface area contributed by atoms with Crippen molar-refractivity contribution < 1.29 is 19.4 Å². The standard InChI is InChI=1S/C12H13N5O4/c13-10-7-11(15-3-14-10)17(4-16-7)6-2-21-8-5(12(18)19)1-20-9(6)8/h3-6,8-9H,1-2H2,(H,18,19)(H2,13,14,15)/t5-,6+,8?,9?/m0/s1. The monoisotopic (exact) mass is 291 g/mol. The number of nitrogen functional groups attached to an aromatic ring is 1. The fourth-order valence-corrected chi connectivity index (χ4v) is 3.04. The van der Waals surface area contributed by atoms with E-state index in [2.05, 4.69) is 15.0 Å². The van der Waals surface area contributed by atoms with Crippen LogP contribution in [0.2, 0.25) is 0 Å². The highest BCUT2D eigenvalue weighted by molar-refractivity contribution is 5.81. The summed E-state index contributed by atoms with van der Waals surface area (Å²) in [6.45, 7) is 0.513. The van der Waals surface area contributed by atoms with Crippen LogP contribution in [0.15, 0.2) is 12.7 Å². The molecule has 4 atom stereocenters. The van der Waals surface area contributed by atoms with Crippen molar-refractivity contribution in [2.45, 2.75) is 18.2 Å². The third-order valence-corrected chi connectivity index (χ3v) is 4.09. The molecule has 2 fully saturated rings. The molecule has 9 nitrogen and oxygen atoms in total. The molecule has 3 N–H and O–H groups in total. The van der Waals surface area contributed by atoms with Crippen LogP contribution in [0.5, 0.6) is 0 Å². The van der Waals surface area contributed by atoms with Gasteiger partial charge in [-0.25, -0.2) is 15.0 Å². The number of aliphatic carboxylic acids is 1. The summed E-state index contributed by atoms with van der Waals surface area (Å²) in [4.78, 5) is 23.5. The van der Waals surface area contributed by atoms with Crippen molar-refractivity contribution in [3.63, 3.8) is 0 Å². The quantitative estimate of drug-likeness (QED) is 0.754. The Balaban J connectivity index is 1.71. The lowest BCUT2D eigenvalue weighted by Gasteiger charge is -2.17. The maximum absolute atomic E-state index is 11.2. The average molecular weight is 291 g/mol. The van der Waals surface area contributed by atoms with E-state index in [1.165, 1.54) is 6.33 Å². The van der Waals surface area contributed by atoms with Crippen molar-refractivity contribution in [2.75, 3.05) is 18.9 Å². The molecule has 0 spiro atoms. The molecule has 2 aromatic heterocycles. The SMILES string of the molecule is Nc1ncnc2c1ncn2[C@@H]1COC2C1OC[C@@H]2C(=O)O. The number of ether oxygens (including phenoxy) is 2. The molecule has 21 heavy (non-hydrogen) atoms. The number of rotatable bonds is 2. The summed E-state index contributed by atoms with van der Waals surface area (Å²) in [5, 5.41) is 9.17. The molecule has 0 aromatic carbocycles. The van der Waals surface area contributed by atoms with Crippen molar-refractivity contribution in [3.8, 4) is 0 Å². The van der Waals surface area contributed by atoms with Gasteiger partial charge in [-0.05, 0) is 0 Å². The molecule has 0 bridgehead atoms. The first-order valence-corrected chi connectivity index (χ1v) is 6.56. The first-order valence-electron chi connectivity index (χ1n) is 6.56. The summed E-state index contributed by atoms with van der Waals surface area (Å²) >= 11 is 0. The number of aromatic nitrogens is 4. The van der Waals surface area contributed by atoms with E-state index in [1.54, 1.807) is 6.33 Å². The second kappa shape index (κ2) is 4.37. The van der Waals surface area contributed by atoms with Gasteiger partial charge in [0.05, 0.1) is 25.6 Å². The van der Waals surface area contributed by atoms with Gasteiger partial charge in [-0.15, -0.1) is 0 Å². The summed E-state index contributed by atoms with van der Waals surface area (Å²) in [6, 6.07) is -0.168. The summed E-state index contributed by atoms with van der Waals surface area (Å²) in [7, 11) is 0. The first kappa shape index (κ1) is 12.5. The molecule has 4 rings (SSSR count). The third kappa shape index (κ3) is 1.71. The molecule has 0 aliphatic carbocycles. The van der Waals surface area contributed by atoms with Gasteiger partial charge in [0.2, 0.25) is 0 Å². The molecule has 2 aliphatic rings. The number of carboxylic acids is 1. The van der Waals surface area contributed by atoms with E-state index in [-0.39, 0.29) is 18.8 Å². The lowest BCUT2D eigenvalue weighted by atomic mass is 10.0. The van der Waals surface area contributed by atoms with Crippen LogP contribution in [-0.4, -0.2) is 56.0 Å². The van der Waals surface area contributed by atoms with Gasteiger partial charge in [0.1, 0.15) is 30.0 Å². The Hall–Kier alpha value is -2.26. The topological polar surface area (TPSA) is 125 Å². The molecule has 0 radical (unpaired) electrons. The number of nitrogens with two attached hydrogens (primary N) is 1. The maximum atomic E-state index is 11.2. The van der Waals surface area contributed by atoms with E-state index >= 15 is 0 Å². The van der Waals surface area contributed by atoms with Crippen LogP contribution < -0.4 is 5.73 Å². The number of carboxylic acid groups (broad SMARTS) is 1. The summed E-state index contributed by atoms with van der Waals surface area (Å²) in [6.07, 6.45) is 2.23. The minimum atomic E-state index is -0.898. The molecule has 0 saturated carbocycles. The highest BCUT2D eigenvalue weighted by atomic mass is 16.6. The number of imidazole rings is 1. The van der Waals surface area contributed by atoms with E-state index in [0.717, 1.165) is 0 Å². The third-order valence-electron chi connectivity index (χ3n) is 4.09. The van der Waals surface area contributed by atoms with Crippen LogP contribution in [0.1, 0.15) is 6.04 Å². The smallest absolute Gasteiger partial charge is 0.311 e. The molecule has 2 unspecified atom stereocenters. The number of carbonyl (C=O) groups is 1. The normalized spacial score (nSPS) is 31.6. The van der Waals surface area contributed by atoms with Crippen LogP contribution in [0.3, 0.4) is 0 Å². The maximum Gasteiger partial charge on any atom is 0.311 e. The molecule has 110 valence electrons. The Morgan fingerprint density at radius 2 is 2.10 bits per heavy atom. The number of anilines is 1. The Morgan fingerprint density at radius 1 is 1.29 bits per heavy atom. The van der Waals surface area contributed by atoms with E-state index in [4.69, 9.17) is 20.3 Å². The van der Waals surface area contributed by atoms with Crippen molar-refractivity contribution in [2.24, 2.45) is 5.92 Å². The van der Waals surface area contributed by atoms with Crippen LogP contribution in [0.4, 0.5) is 5.82 Å². The minimum Gasteiger partial charge on any atom is -0.481 e. The predicted molar refractivity (Wildman–Crippen MR) is 69.4 cm³/mol. The number of hydrogen-bond acceptors (Lipinski definition) is 7. The Labute approximate surface area is 118 Å². The molecule has 0 amide bonds. The summed E-state index contributed by atoms with van der Waals surface area (Å²) in [5.74, 6) is -1.22. The Bertz CT molecular complexity index is 717. The van der Waals surface area contributed by atoms with E-state index in [1.807, 2.05) is 4.57 Å². The van der Waals surface area contributed by atoms with Gasteiger partial charge in [-0.2, -0.15) is 0 Å². The fourth-order valence-electron chi connectivity index (χ4n) is 3.04. The molecule has 4 heterocycles. The van der Waals surface area contributed by atoms with Crippen molar-refractivity contribution in [3.05, 3.63) is 12.7 Å². The van der Waals surface area contributed by atoms with Gasteiger partial charge in [0.25, 0.3) is 0 Å². The number of fused-ring (bicyclic) bond motifs is 2. The lowest BCUT2D eigenvalue weighted by molar-refractivity contribution is -0.144. The van der Waals surface area contributed by atoms with Crippen LogP contribution >= 0.6 is 0 Å². The zero-order valence-corrected chi connectivity index (χ0v) is 10.9. The molecule has 2 aliphatic heterocycles. The minimum absolute atomic E-state index is 0.158. The highest BCUT2D eigenvalue weighted by Gasteiger charge is 2.51. The van der Waals surface area contributed by atoms with Gasteiger partial charge < -0.3 is 24.9 Å². The Kier molecular flexibility index (Phi) is 2.59. The zero-order chi connectivity index (χ0) is 14.6. The van der Waals surface area contributed by atoms with Gasteiger partial charge in [-0.3, -0.25) is 4.79 Å². The summed E-state index contributed by atoms with van der Waals surface area (Å²) in [5.41, 5.74) is 6.89. The van der Waals surface area contributed by atoms with Crippen molar-refractivity contribution in [1.82, 2.24) is 19.5 Å². The van der Waals surface area contributed by atoms with Gasteiger partial charge in [0, 0.05) is 0 Å². The van der Waals surface area contributed by atoms with E-state index in [0.29, 0.717) is 23.6 Å². The van der Waals surface area contributed by atoms with Crippen molar-refractivity contribution in [1.29, 1.82) is 0 Å².